The summed E-state index contributed by atoms with van der Waals surface area (Å²) in [6.45, 7) is 9.12. The lowest BCUT2D eigenvalue weighted by Gasteiger charge is -2.20. The fourth-order valence-electron chi connectivity index (χ4n) is 3.62. The van der Waals surface area contributed by atoms with Crippen LogP contribution in [0.3, 0.4) is 0 Å². The summed E-state index contributed by atoms with van der Waals surface area (Å²) in [4.78, 5) is 0. The Morgan fingerprint density at radius 1 is 1.31 bits per heavy atom. The second-order valence-electron chi connectivity index (χ2n) is 6.59. The van der Waals surface area contributed by atoms with Gasteiger partial charge in [-0.05, 0) is 55.8 Å². The lowest BCUT2D eigenvalue weighted by molar-refractivity contribution is 0.0758. The van der Waals surface area contributed by atoms with Crippen molar-refractivity contribution in [3.05, 3.63) is 11.6 Å². The van der Waals surface area contributed by atoms with Crippen LogP contribution in [0.15, 0.2) is 11.6 Å². The second-order valence-corrected chi connectivity index (χ2v) is 6.59. The van der Waals surface area contributed by atoms with E-state index in [-0.39, 0.29) is 6.10 Å². The summed E-state index contributed by atoms with van der Waals surface area (Å²) in [6.07, 6.45) is 7.07. The van der Waals surface area contributed by atoms with Crippen LogP contribution in [-0.2, 0) is 0 Å². The Hall–Kier alpha value is -0.300. The molecule has 0 aromatic rings. The molecule has 92 valence electrons. The van der Waals surface area contributed by atoms with E-state index in [1.165, 1.54) is 12.8 Å². The molecule has 1 saturated carbocycles. The summed E-state index contributed by atoms with van der Waals surface area (Å²) in [5, 5.41) is 10.4. The van der Waals surface area contributed by atoms with Gasteiger partial charge < -0.3 is 5.11 Å². The molecule has 1 N–H and O–H groups in total. The van der Waals surface area contributed by atoms with Crippen LogP contribution in [0.2, 0.25) is 0 Å². The topological polar surface area (TPSA) is 20.2 Å². The lowest BCUT2D eigenvalue weighted by Crippen LogP contribution is -2.22. The molecule has 4 atom stereocenters. The molecule has 1 heteroatoms. The molecule has 0 saturated heterocycles. The average Bonchev–Trinajstić information content (AvgIpc) is 2.75. The van der Waals surface area contributed by atoms with Gasteiger partial charge in [0.25, 0.3) is 0 Å². The maximum Gasteiger partial charge on any atom is 0.0602 e. The molecule has 0 aromatic carbocycles. The Morgan fingerprint density at radius 2 is 2.00 bits per heavy atom. The number of aliphatic hydroxyl groups is 1. The molecule has 0 aromatic heterocycles. The highest BCUT2D eigenvalue weighted by atomic mass is 16.3. The summed E-state index contributed by atoms with van der Waals surface area (Å²) < 4.78 is 0. The van der Waals surface area contributed by atoms with Crippen molar-refractivity contribution in [2.75, 3.05) is 0 Å². The van der Waals surface area contributed by atoms with Gasteiger partial charge in [0.05, 0.1) is 6.10 Å². The number of aliphatic hydroxyl groups excluding tert-OH is 1. The summed E-state index contributed by atoms with van der Waals surface area (Å²) >= 11 is 0. The Morgan fingerprint density at radius 3 is 2.69 bits per heavy atom. The predicted molar refractivity (Wildman–Crippen MR) is 68.2 cm³/mol. The van der Waals surface area contributed by atoms with Gasteiger partial charge in [-0.15, -0.1) is 0 Å². The lowest BCUT2D eigenvalue weighted by atomic mass is 9.91. The average molecular weight is 222 g/mol. The zero-order chi connectivity index (χ0) is 11.9. The molecule has 1 nitrogen and oxygen atoms in total. The van der Waals surface area contributed by atoms with Crippen LogP contribution in [0.1, 0.15) is 53.4 Å². The SMILES string of the molecule is C/C1=C\CC[C@@H](C)[C@@H](O)[C@@H]2[C@H](CC1)C2(C)C. The minimum absolute atomic E-state index is 0.0770. The summed E-state index contributed by atoms with van der Waals surface area (Å²) in [7, 11) is 0. The summed E-state index contributed by atoms with van der Waals surface area (Å²) in [5.74, 6) is 1.75. The van der Waals surface area contributed by atoms with Crippen LogP contribution in [0.5, 0.6) is 0 Å². The molecule has 0 heterocycles. The first kappa shape index (κ1) is 12.2. The number of fused-ring (bicyclic) bond motifs is 1. The standard InChI is InChI=1S/C15H26O/c1-10-6-5-7-11(2)14(16)13-12(9-8-10)15(13,3)4/h6,11-14,16H,5,7-9H2,1-4H3/b10-6+/t11-,12+,13+,14-/m1/s1. The number of rotatable bonds is 0. The molecular weight excluding hydrogens is 196 g/mol. The van der Waals surface area contributed by atoms with Crippen LogP contribution < -0.4 is 0 Å². The third-order valence-electron chi connectivity index (χ3n) is 5.05. The monoisotopic (exact) mass is 222 g/mol. The Kier molecular flexibility index (Phi) is 3.18. The maximum atomic E-state index is 10.4. The van der Waals surface area contributed by atoms with Gasteiger partial charge in [0.15, 0.2) is 0 Å². The minimum atomic E-state index is -0.0770. The highest BCUT2D eigenvalue weighted by molar-refractivity contribution is 5.11. The molecule has 2 rings (SSSR count). The van der Waals surface area contributed by atoms with E-state index in [0.717, 1.165) is 18.8 Å². The van der Waals surface area contributed by atoms with Crippen molar-refractivity contribution in [3.63, 3.8) is 0 Å². The number of hydrogen-bond donors (Lipinski definition) is 1. The van der Waals surface area contributed by atoms with E-state index in [9.17, 15) is 5.11 Å². The van der Waals surface area contributed by atoms with Crippen LogP contribution >= 0.6 is 0 Å². The fraction of sp³-hybridized carbons (Fsp3) is 0.867. The van der Waals surface area contributed by atoms with Crippen molar-refractivity contribution in [2.24, 2.45) is 23.2 Å². The molecule has 1 fully saturated rings. The van der Waals surface area contributed by atoms with Gasteiger partial charge in [0, 0.05) is 0 Å². The zero-order valence-electron chi connectivity index (χ0n) is 11.2. The van der Waals surface area contributed by atoms with Gasteiger partial charge in [-0.3, -0.25) is 0 Å². The van der Waals surface area contributed by atoms with E-state index >= 15 is 0 Å². The third kappa shape index (κ3) is 2.07. The van der Waals surface area contributed by atoms with E-state index in [1.807, 2.05) is 0 Å². The van der Waals surface area contributed by atoms with Crippen molar-refractivity contribution in [1.29, 1.82) is 0 Å². The van der Waals surface area contributed by atoms with Gasteiger partial charge in [0.1, 0.15) is 0 Å². The maximum absolute atomic E-state index is 10.4. The van der Waals surface area contributed by atoms with E-state index < -0.39 is 0 Å². The van der Waals surface area contributed by atoms with Gasteiger partial charge in [0.2, 0.25) is 0 Å². The molecule has 2 aliphatic carbocycles. The van der Waals surface area contributed by atoms with E-state index in [1.54, 1.807) is 5.57 Å². The molecule has 0 unspecified atom stereocenters. The van der Waals surface area contributed by atoms with Crippen LogP contribution in [0.25, 0.3) is 0 Å². The fourth-order valence-corrected chi connectivity index (χ4v) is 3.62. The minimum Gasteiger partial charge on any atom is -0.393 e. The largest absolute Gasteiger partial charge is 0.393 e. The zero-order valence-corrected chi connectivity index (χ0v) is 11.2. The Labute approximate surface area is 99.9 Å². The first-order chi connectivity index (χ1) is 7.44. The Balaban J connectivity index is 2.12. The van der Waals surface area contributed by atoms with E-state index in [4.69, 9.17) is 0 Å². The quantitative estimate of drug-likeness (QED) is 0.618. The smallest absolute Gasteiger partial charge is 0.0602 e. The van der Waals surface area contributed by atoms with Crippen LogP contribution in [-0.4, -0.2) is 11.2 Å². The van der Waals surface area contributed by atoms with Crippen molar-refractivity contribution >= 4 is 0 Å². The highest BCUT2D eigenvalue weighted by Crippen LogP contribution is 2.63. The van der Waals surface area contributed by atoms with Gasteiger partial charge in [-0.1, -0.05) is 32.4 Å². The first-order valence-corrected chi connectivity index (χ1v) is 6.78. The molecular formula is C15H26O. The predicted octanol–water partition coefficient (Wildman–Crippen LogP) is 3.78. The number of hydrogen-bond acceptors (Lipinski definition) is 1. The third-order valence-corrected chi connectivity index (χ3v) is 5.05. The first-order valence-electron chi connectivity index (χ1n) is 6.78. The van der Waals surface area contributed by atoms with Crippen molar-refractivity contribution < 1.29 is 5.11 Å². The highest BCUT2D eigenvalue weighted by Gasteiger charge is 2.60. The van der Waals surface area contributed by atoms with E-state index in [2.05, 4.69) is 33.8 Å². The summed E-state index contributed by atoms with van der Waals surface area (Å²) in [6, 6.07) is 0. The van der Waals surface area contributed by atoms with Crippen molar-refractivity contribution in [3.8, 4) is 0 Å². The van der Waals surface area contributed by atoms with Gasteiger partial charge in [-0.25, -0.2) is 0 Å². The van der Waals surface area contributed by atoms with Crippen molar-refractivity contribution in [2.45, 2.75) is 59.5 Å². The molecule has 0 radical (unpaired) electrons. The molecule has 0 spiro atoms. The molecule has 0 amide bonds. The normalized spacial score (nSPS) is 46.4. The molecule has 16 heavy (non-hydrogen) atoms. The number of allylic oxidation sites excluding steroid dienone is 2. The van der Waals surface area contributed by atoms with E-state index in [0.29, 0.717) is 17.3 Å². The van der Waals surface area contributed by atoms with Gasteiger partial charge >= 0.3 is 0 Å². The molecule has 0 aliphatic heterocycles. The van der Waals surface area contributed by atoms with Crippen LogP contribution in [0, 0.1) is 23.2 Å². The molecule has 2 aliphatic rings. The van der Waals surface area contributed by atoms with Crippen molar-refractivity contribution in [1.82, 2.24) is 0 Å². The second kappa shape index (κ2) is 4.18. The van der Waals surface area contributed by atoms with Gasteiger partial charge in [-0.2, -0.15) is 0 Å². The molecule has 0 bridgehead atoms. The van der Waals surface area contributed by atoms with Crippen LogP contribution in [0.4, 0.5) is 0 Å². The summed E-state index contributed by atoms with van der Waals surface area (Å²) in [5.41, 5.74) is 1.92. The Bertz CT molecular complexity index is 290.